The van der Waals surface area contributed by atoms with Crippen molar-refractivity contribution >= 4 is 22.2 Å². The Morgan fingerprint density at radius 2 is 1.95 bits per heavy atom. The zero-order valence-electron chi connectivity index (χ0n) is 12.7. The summed E-state index contributed by atoms with van der Waals surface area (Å²) in [7, 11) is 2.01. The molecular weight excluding hydrogens is 280 g/mol. The zero-order chi connectivity index (χ0) is 14.7. The summed E-state index contributed by atoms with van der Waals surface area (Å²) in [6.45, 7) is 7.27. The van der Waals surface area contributed by atoms with Gasteiger partial charge in [-0.3, -0.25) is 0 Å². The van der Waals surface area contributed by atoms with E-state index in [0.717, 1.165) is 37.9 Å². The van der Waals surface area contributed by atoms with Gasteiger partial charge in [0.05, 0.1) is 0 Å². The SMILES string of the molecule is CNCc1cc(C)ccc1N1CCN(c2nccs2)CC1. The highest BCUT2D eigenvalue weighted by Crippen LogP contribution is 2.25. The van der Waals surface area contributed by atoms with Crippen LogP contribution in [0, 0.1) is 6.92 Å². The number of piperazine rings is 1. The molecule has 1 aliphatic heterocycles. The average molecular weight is 302 g/mol. The maximum atomic E-state index is 4.41. The van der Waals surface area contributed by atoms with Crippen LogP contribution < -0.4 is 15.1 Å². The number of aromatic nitrogens is 1. The number of nitrogens with one attached hydrogen (secondary N) is 1. The lowest BCUT2D eigenvalue weighted by molar-refractivity contribution is 0.648. The highest BCUT2D eigenvalue weighted by molar-refractivity contribution is 7.13. The number of thiazole rings is 1. The van der Waals surface area contributed by atoms with Crippen molar-refractivity contribution in [3.63, 3.8) is 0 Å². The van der Waals surface area contributed by atoms with E-state index in [1.165, 1.54) is 16.8 Å². The van der Waals surface area contributed by atoms with Crippen LogP contribution in [0.4, 0.5) is 10.8 Å². The lowest BCUT2D eigenvalue weighted by atomic mass is 10.1. The fourth-order valence-electron chi connectivity index (χ4n) is 2.87. The van der Waals surface area contributed by atoms with Crippen LogP contribution in [-0.4, -0.2) is 38.2 Å². The summed E-state index contributed by atoms with van der Waals surface area (Å²) >= 11 is 1.73. The molecule has 1 aliphatic rings. The summed E-state index contributed by atoms with van der Waals surface area (Å²) in [5.74, 6) is 0. The topological polar surface area (TPSA) is 31.4 Å². The number of aryl methyl sites for hydroxylation is 1. The van der Waals surface area contributed by atoms with Crippen LogP contribution >= 0.6 is 11.3 Å². The molecule has 5 heteroatoms. The van der Waals surface area contributed by atoms with Gasteiger partial charge in [-0.15, -0.1) is 11.3 Å². The number of nitrogens with zero attached hydrogens (tertiary/aromatic N) is 3. The van der Waals surface area contributed by atoms with Gasteiger partial charge in [0.2, 0.25) is 0 Å². The molecule has 3 rings (SSSR count). The monoisotopic (exact) mass is 302 g/mol. The molecule has 1 fully saturated rings. The second-order valence-electron chi connectivity index (χ2n) is 5.45. The largest absolute Gasteiger partial charge is 0.368 e. The van der Waals surface area contributed by atoms with Crippen LogP contribution in [0.25, 0.3) is 0 Å². The highest BCUT2D eigenvalue weighted by Gasteiger charge is 2.20. The molecule has 0 saturated carbocycles. The van der Waals surface area contributed by atoms with Crippen molar-refractivity contribution in [1.29, 1.82) is 0 Å². The Labute approximate surface area is 130 Å². The molecule has 21 heavy (non-hydrogen) atoms. The molecule has 4 nitrogen and oxygen atoms in total. The Hall–Kier alpha value is -1.59. The van der Waals surface area contributed by atoms with Crippen LogP contribution in [0.3, 0.4) is 0 Å². The third-order valence-corrected chi connectivity index (χ3v) is 4.74. The van der Waals surface area contributed by atoms with Crippen molar-refractivity contribution in [2.24, 2.45) is 0 Å². The molecular formula is C16H22N4S. The van der Waals surface area contributed by atoms with E-state index in [2.05, 4.69) is 45.2 Å². The predicted molar refractivity (Wildman–Crippen MR) is 90.5 cm³/mol. The van der Waals surface area contributed by atoms with Gasteiger partial charge in [-0.1, -0.05) is 17.7 Å². The minimum Gasteiger partial charge on any atom is -0.368 e. The maximum absolute atomic E-state index is 4.41. The van der Waals surface area contributed by atoms with Crippen LogP contribution in [0.2, 0.25) is 0 Å². The van der Waals surface area contributed by atoms with E-state index in [1.54, 1.807) is 11.3 Å². The van der Waals surface area contributed by atoms with Crippen molar-refractivity contribution in [1.82, 2.24) is 10.3 Å². The van der Waals surface area contributed by atoms with Gasteiger partial charge in [0.15, 0.2) is 5.13 Å². The number of anilines is 2. The lowest BCUT2D eigenvalue weighted by Gasteiger charge is -2.37. The number of hydrogen-bond acceptors (Lipinski definition) is 5. The van der Waals surface area contributed by atoms with E-state index < -0.39 is 0 Å². The van der Waals surface area contributed by atoms with Gasteiger partial charge in [0, 0.05) is 50.0 Å². The molecule has 1 saturated heterocycles. The average Bonchev–Trinajstić information content (AvgIpc) is 3.02. The number of rotatable bonds is 4. The van der Waals surface area contributed by atoms with Crippen molar-refractivity contribution in [2.75, 3.05) is 43.0 Å². The zero-order valence-corrected chi connectivity index (χ0v) is 13.5. The smallest absolute Gasteiger partial charge is 0.185 e. The summed E-state index contributed by atoms with van der Waals surface area (Å²) in [5, 5.41) is 6.47. The second-order valence-corrected chi connectivity index (χ2v) is 6.32. The van der Waals surface area contributed by atoms with Crippen molar-refractivity contribution in [3.8, 4) is 0 Å². The second kappa shape index (κ2) is 6.45. The van der Waals surface area contributed by atoms with Gasteiger partial charge in [0.25, 0.3) is 0 Å². The van der Waals surface area contributed by atoms with Crippen LogP contribution in [0.15, 0.2) is 29.8 Å². The summed E-state index contributed by atoms with van der Waals surface area (Å²) < 4.78 is 0. The van der Waals surface area contributed by atoms with E-state index in [4.69, 9.17) is 0 Å². The Morgan fingerprint density at radius 1 is 1.19 bits per heavy atom. The third kappa shape index (κ3) is 3.19. The van der Waals surface area contributed by atoms with Crippen LogP contribution in [0.5, 0.6) is 0 Å². The molecule has 1 N–H and O–H groups in total. The summed E-state index contributed by atoms with van der Waals surface area (Å²) in [4.78, 5) is 9.29. The highest BCUT2D eigenvalue weighted by atomic mass is 32.1. The summed E-state index contributed by atoms with van der Waals surface area (Å²) in [5.41, 5.74) is 4.08. The summed E-state index contributed by atoms with van der Waals surface area (Å²) in [6, 6.07) is 6.77. The van der Waals surface area contributed by atoms with Crippen LogP contribution in [0.1, 0.15) is 11.1 Å². The first kappa shape index (κ1) is 14.4. The molecule has 1 aromatic heterocycles. The molecule has 0 aliphatic carbocycles. The first-order chi connectivity index (χ1) is 10.3. The van der Waals surface area contributed by atoms with Crippen LogP contribution in [-0.2, 0) is 6.54 Å². The molecule has 0 bridgehead atoms. The molecule has 1 aromatic carbocycles. The minimum absolute atomic E-state index is 0.920. The normalized spacial score (nSPS) is 15.5. The van der Waals surface area contributed by atoms with Gasteiger partial charge >= 0.3 is 0 Å². The molecule has 0 spiro atoms. The van der Waals surface area contributed by atoms with Gasteiger partial charge in [0.1, 0.15) is 0 Å². The summed E-state index contributed by atoms with van der Waals surface area (Å²) in [6.07, 6.45) is 1.89. The van der Waals surface area contributed by atoms with Crippen molar-refractivity contribution < 1.29 is 0 Å². The standard InChI is InChI=1S/C16H22N4S/c1-13-3-4-15(14(11-13)12-17-2)19-6-8-20(9-7-19)16-18-5-10-21-16/h3-5,10-11,17H,6-9,12H2,1-2H3. The van der Waals surface area contributed by atoms with Crippen molar-refractivity contribution in [3.05, 3.63) is 40.9 Å². The predicted octanol–water partition coefficient (Wildman–Crippen LogP) is 2.50. The quantitative estimate of drug-likeness (QED) is 0.940. The third-order valence-electron chi connectivity index (χ3n) is 3.91. The molecule has 0 atom stereocenters. The molecule has 112 valence electrons. The molecule has 2 heterocycles. The Bertz CT molecular complexity index is 574. The maximum Gasteiger partial charge on any atom is 0.185 e. The molecule has 0 amide bonds. The van der Waals surface area contributed by atoms with Gasteiger partial charge < -0.3 is 15.1 Å². The first-order valence-electron chi connectivity index (χ1n) is 7.41. The molecule has 2 aromatic rings. The van der Waals surface area contributed by atoms with E-state index >= 15 is 0 Å². The minimum atomic E-state index is 0.920. The Kier molecular flexibility index (Phi) is 4.41. The van der Waals surface area contributed by atoms with E-state index in [9.17, 15) is 0 Å². The van der Waals surface area contributed by atoms with E-state index in [-0.39, 0.29) is 0 Å². The number of hydrogen-bond donors (Lipinski definition) is 1. The lowest BCUT2D eigenvalue weighted by Crippen LogP contribution is -2.46. The Balaban J connectivity index is 1.72. The first-order valence-corrected chi connectivity index (χ1v) is 8.29. The molecule has 0 radical (unpaired) electrons. The van der Waals surface area contributed by atoms with Gasteiger partial charge in [-0.2, -0.15) is 0 Å². The van der Waals surface area contributed by atoms with E-state index in [0.29, 0.717) is 0 Å². The van der Waals surface area contributed by atoms with Gasteiger partial charge in [-0.05, 0) is 25.6 Å². The van der Waals surface area contributed by atoms with Crippen molar-refractivity contribution in [2.45, 2.75) is 13.5 Å². The van der Waals surface area contributed by atoms with Gasteiger partial charge in [-0.25, -0.2) is 4.98 Å². The number of benzene rings is 1. The molecule has 0 unspecified atom stereocenters. The van der Waals surface area contributed by atoms with E-state index in [1.807, 2.05) is 18.6 Å². The Morgan fingerprint density at radius 3 is 2.62 bits per heavy atom. The fourth-order valence-corrected chi connectivity index (χ4v) is 3.56. The fraction of sp³-hybridized carbons (Fsp3) is 0.438.